The molecule has 0 atom stereocenters. The Hall–Kier alpha value is -0.850. The molecule has 0 radical (unpaired) electrons. The van der Waals surface area contributed by atoms with E-state index in [4.69, 9.17) is 4.42 Å². The van der Waals surface area contributed by atoms with Gasteiger partial charge in [-0.1, -0.05) is 19.3 Å². The van der Waals surface area contributed by atoms with Gasteiger partial charge in [0.25, 0.3) is 10.0 Å². The molecule has 2 N–H and O–H groups in total. The number of hydrogen-bond acceptors (Lipinski definition) is 4. The maximum atomic E-state index is 11.6. The normalized spacial score (nSPS) is 19.5. The quantitative estimate of drug-likeness (QED) is 0.868. The van der Waals surface area contributed by atoms with Crippen LogP contribution < -0.4 is 10.0 Å². The molecule has 0 saturated heterocycles. The molecule has 2 rings (SSSR count). The van der Waals surface area contributed by atoms with E-state index in [9.17, 15) is 8.42 Å². The third-order valence-corrected chi connectivity index (χ3v) is 5.10. The highest BCUT2D eigenvalue weighted by Crippen LogP contribution is 2.28. The van der Waals surface area contributed by atoms with Crippen molar-refractivity contribution < 1.29 is 12.8 Å². The van der Waals surface area contributed by atoms with Gasteiger partial charge in [-0.3, -0.25) is 0 Å². The molecule has 19 heavy (non-hydrogen) atoms. The summed E-state index contributed by atoms with van der Waals surface area (Å²) in [6.07, 6.45) is 6.13. The fourth-order valence-electron chi connectivity index (χ4n) is 2.51. The first kappa shape index (κ1) is 14.6. The molecule has 1 aliphatic carbocycles. The van der Waals surface area contributed by atoms with Gasteiger partial charge in [0.15, 0.2) is 0 Å². The molecule has 1 aromatic rings. The summed E-state index contributed by atoms with van der Waals surface area (Å²) >= 11 is 0. The molecule has 0 spiro atoms. The molecule has 0 bridgehead atoms. The second-order valence-electron chi connectivity index (χ2n) is 5.40. The van der Waals surface area contributed by atoms with Gasteiger partial charge in [0.05, 0.1) is 6.54 Å². The smallest absolute Gasteiger partial charge is 0.273 e. The van der Waals surface area contributed by atoms with Crippen molar-refractivity contribution in [2.75, 3.05) is 7.05 Å². The summed E-state index contributed by atoms with van der Waals surface area (Å²) in [4.78, 5) is 0. The largest absolute Gasteiger partial charge is 0.447 e. The minimum Gasteiger partial charge on any atom is -0.447 e. The van der Waals surface area contributed by atoms with Crippen molar-refractivity contribution in [2.45, 2.75) is 56.2 Å². The molecule has 1 aliphatic rings. The maximum absolute atomic E-state index is 11.6. The van der Waals surface area contributed by atoms with E-state index in [1.807, 2.05) is 0 Å². The number of furan rings is 1. The van der Waals surface area contributed by atoms with Crippen molar-refractivity contribution in [1.82, 2.24) is 10.0 Å². The lowest BCUT2D eigenvalue weighted by Gasteiger charge is -2.34. The highest BCUT2D eigenvalue weighted by Gasteiger charge is 2.26. The molecule has 6 heteroatoms. The topological polar surface area (TPSA) is 71.3 Å². The van der Waals surface area contributed by atoms with Gasteiger partial charge in [-0.05, 0) is 38.9 Å². The van der Waals surface area contributed by atoms with Crippen molar-refractivity contribution >= 4 is 10.0 Å². The van der Waals surface area contributed by atoms with Crippen molar-refractivity contribution in [3.63, 3.8) is 0 Å². The molecule has 1 aromatic heterocycles. The summed E-state index contributed by atoms with van der Waals surface area (Å²) < 4.78 is 30.7. The van der Waals surface area contributed by atoms with Gasteiger partial charge in [0, 0.05) is 5.54 Å². The van der Waals surface area contributed by atoms with Crippen LogP contribution in [0, 0.1) is 0 Å². The number of nitrogens with one attached hydrogen (secondary N) is 2. The van der Waals surface area contributed by atoms with E-state index in [1.54, 1.807) is 6.07 Å². The van der Waals surface area contributed by atoms with Crippen LogP contribution >= 0.6 is 0 Å². The van der Waals surface area contributed by atoms with Crippen LogP contribution in [0.25, 0.3) is 0 Å². The Labute approximate surface area is 114 Å². The first-order valence-corrected chi connectivity index (χ1v) is 8.21. The summed E-state index contributed by atoms with van der Waals surface area (Å²) in [5, 5.41) is 3.46. The number of sulfonamides is 1. The van der Waals surface area contributed by atoms with Crippen molar-refractivity contribution in [2.24, 2.45) is 0 Å². The summed E-state index contributed by atoms with van der Waals surface area (Å²) in [7, 11) is -2.11. The van der Waals surface area contributed by atoms with Gasteiger partial charge in [0.1, 0.15) is 5.76 Å². The average molecular weight is 286 g/mol. The molecule has 0 unspecified atom stereocenters. The second kappa shape index (κ2) is 5.64. The van der Waals surface area contributed by atoms with Crippen LogP contribution in [-0.4, -0.2) is 21.0 Å². The fourth-order valence-corrected chi connectivity index (χ4v) is 3.17. The highest BCUT2D eigenvalue weighted by atomic mass is 32.2. The minimum absolute atomic E-state index is 0.0272. The van der Waals surface area contributed by atoms with Crippen LogP contribution in [0.15, 0.2) is 21.6 Å². The lowest BCUT2D eigenvalue weighted by atomic mass is 9.83. The fraction of sp³-hybridized carbons (Fsp3) is 0.692. The van der Waals surface area contributed by atoms with Gasteiger partial charge in [-0.15, -0.1) is 0 Å². The van der Waals surface area contributed by atoms with Gasteiger partial charge in [0.2, 0.25) is 5.09 Å². The van der Waals surface area contributed by atoms with E-state index >= 15 is 0 Å². The second-order valence-corrected chi connectivity index (χ2v) is 7.22. The van der Waals surface area contributed by atoms with Crippen LogP contribution in [0.1, 0.15) is 44.8 Å². The molecular formula is C13H22N2O3S. The summed E-state index contributed by atoms with van der Waals surface area (Å²) in [6.45, 7) is 2.79. The Morgan fingerprint density at radius 2 is 1.95 bits per heavy atom. The zero-order valence-electron chi connectivity index (χ0n) is 11.5. The monoisotopic (exact) mass is 286 g/mol. The van der Waals surface area contributed by atoms with E-state index in [0.717, 1.165) is 12.8 Å². The summed E-state index contributed by atoms with van der Waals surface area (Å²) in [5.41, 5.74) is 0.146. The molecule has 1 fully saturated rings. The Morgan fingerprint density at radius 3 is 2.58 bits per heavy atom. The Kier molecular flexibility index (Phi) is 4.32. The lowest BCUT2D eigenvalue weighted by molar-refractivity contribution is 0.242. The Balaban J connectivity index is 1.97. The molecule has 108 valence electrons. The SMILES string of the molecule is CNS(=O)(=O)c1ccc(CNC2(C)CCCCC2)o1. The number of rotatable bonds is 5. The van der Waals surface area contributed by atoms with E-state index in [0.29, 0.717) is 12.3 Å². The van der Waals surface area contributed by atoms with Gasteiger partial charge < -0.3 is 9.73 Å². The molecule has 1 heterocycles. The predicted octanol–water partition coefficient (Wildman–Crippen LogP) is 2.00. The highest BCUT2D eigenvalue weighted by molar-refractivity contribution is 7.89. The molecule has 1 saturated carbocycles. The van der Waals surface area contributed by atoms with Crippen LogP contribution in [0.2, 0.25) is 0 Å². The minimum atomic E-state index is -3.48. The summed E-state index contributed by atoms with van der Waals surface area (Å²) in [5.74, 6) is 0.653. The molecular weight excluding hydrogens is 264 g/mol. The zero-order valence-corrected chi connectivity index (χ0v) is 12.3. The van der Waals surface area contributed by atoms with Gasteiger partial charge >= 0.3 is 0 Å². The standard InChI is InChI=1S/C13H22N2O3S/c1-13(8-4-3-5-9-13)15-10-11-6-7-12(18-11)19(16,17)14-2/h6-7,14-15H,3-5,8-10H2,1-2H3. The van der Waals surface area contributed by atoms with E-state index in [2.05, 4.69) is 17.0 Å². The third-order valence-electron chi connectivity index (χ3n) is 3.82. The molecule has 5 nitrogen and oxygen atoms in total. The average Bonchev–Trinajstić information content (AvgIpc) is 2.87. The van der Waals surface area contributed by atoms with Crippen molar-refractivity contribution in [3.8, 4) is 0 Å². The number of hydrogen-bond donors (Lipinski definition) is 2. The van der Waals surface area contributed by atoms with Crippen LogP contribution in [-0.2, 0) is 16.6 Å². The van der Waals surface area contributed by atoms with Crippen molar-refractivity contribution in [3.05, 3.63) is 17.9 Å². The van der Waals surface area contributed by atoms with Crippen LogP contribution in [0.3, 0.4) is 0 Å². The van der Waals surface area contributed by atoms with E-state index in [-0.39, 0.29) is 10.6 Å². The Bertz CT molecular complexity index is 516. The van der Waals surface area contributed by atoms with E-state index in [1.165, 1.54) is 32.4 Å². The molecule has 0 aliphatic heterocycles. The first-order chi connectivity index (χ1) is 8.95. The van der Waals surface area contributed by atoms with E-state index < -0.39 is 10.0 Å². The van der Waals surface area contributed by atoms with Gasteiger partial charge in [-0.25, -0.2) is 13.1 Å². The Morgan fingerprint density at radius 1 is 1.26 bits per heavy atom. The lowest BCUT2D eigenvalue weighted by Crippen LogP contribution is -2.43. The first-order valence-electron chi connectivity index (χ1n) is 6.72. The maximum Gasteiger partial charge on any atom is 0.273 e. The summed E-state index contributed by atoms with van der Waals surface area (Å²) in [6, 6.07) is 3.20. The van der Waals surface area contributed by atoms with Crippen LogP contribution in [0.5, 0.6) is 0 Å². The molecule has 0 aromatic carbocycles. The zero-order chi connectivity index (χ0) is 13.9. The van der Waals surface area contributed by atoms with Gasteiger partial charge in [-0.2, -0.15) is 0 Å². The predicted molar refractivity (Wildman–Crippen MR) is 73.3 cm³/mol. The van der Waals surface area contributed by atoms with Crippen molar-refractivity contribution in [1.29, 1.82) is 0 Å². The third kappa shape index (κ3) is 3.58. The van der Waals surface area contributed by atoms with Crippen LogP contribution in [0.4, 0.5) is 0 Å². The molecule has 0 amide bonds.